The van der Waals surface area contributed by atoms with Crippen molar-refractivity contribution in [2.24, 2.45) is 5.92 Å². The van der Waals surface area contributed by atoms with E-state index in [9.17, 15) is 4.79 Å². The van der Waals surface area contributed by atoms with Crippen LogP contribution in [0.4, 0.5) is 5.69 Å². The topological polar surface area (TPSA) is 50.4 Å². The fraction of sp³-hybridized carbons (Fsp3) is 0.500. The fourth-order valence-electron chi connectivity index (χ4n) is 1.53. The summed E-state index contributed by atoms with van der Waals surface area (Å²) in [6.45, 7) is 6.60. The molecule has 0 bridgehead atoms. The lowest BCUT2D eigenvalue weighted by Gasteiger charge is -2.16. The van der Waals surface area contributed by atoms with Crippen molar-refractivity contribution in [2.75, 3.05) is 19.0 Å². The number of carbonyl (C=O) groups is 1. The molecule has 1 amide bonds. The van der Waals surface area contributed by atoms with E-state index in [1.54, 1.807) is 19.2 Å². The maximum Gasteiger partial charge on any atom is 0.242 e. The number of carbonyl (C=O) groups excluding carboxylic acids is 1. The lowest BCUT2D eigenvalue weighted by molar-refractivity contribution is -0.121. The van der Waals surface area contributed by atoms with Gasteiger partial charge in [0.05, 0.1) is 12.1 Å². The highest BCUT2D eigenvalue weighted by Crippen LogP contribution is 2.27. The molecule has 0 unspecified atom stereocenters. The minimum Gasteiger partial charge on any atom is -0.495 e. The van der Waals surface area contributed by atoms with Gasteiger partial charge in [0, 0.05) is 12.2 Å². The second kappa shape index (κ2) is 7.24. The number of hydrogen-bond donors (Lipinski definition) is 2. The number of rotatable bonds is 6. The summed E-state index contributed by atoms with van der Waals surface area (Å²) < 4.78 is 5.08. The zero-order valence-corrected chi connectivity index (χ0v) is 12.5. The van der Waals surface area contributed by atoms with Crippen molar-refractivity contribution in [2.45, 2.75) is 26.8 Å². The van der Waals surface area contributed by atoms with Gasteiger partial charge in [0.15, 0.2) is 0 Å². The Labute approximate surface area is 119 Å². The van der Waals surface area contributed by atoms with Gasteiger partial charge in [-0.1, -0.05) is 25.4 Å². The second-order valence-corrected chi connectivity index (χ2v) is 5.26. The predicted molar refractivity (Wildman–Crippen MR) is 78.9 cm³/mol. The Hall–Kier alpha value is -1.42. The smallest absolute Gasteiger partial charge is 0.242 e. The molecular weight excluding hydrogens is 264 g/mol. The van der Waals surface area contributed by atoms with Crippen LogP contribution in [0.2, 0.25) is 5.02 Å². The van der Waals surface area contributed by atoms with Crippen LogP contribution in [0.5, 0.6) is 5.75 Å². The van der Waals surface area contributed by atoms with Gasteiger partial charge in [-0.25, -0.2) is 0 Å². The molecule has 19 heavy (non-hydrogen) atoms. The average molecular weight is 285 g/mol. The fourth-order valence-corrected chi connectivity index (χ4v) is 1.79. The van der Waals surface area contributed by atoms with Crippen LogP contribution >= 0.6 is 11.6 Å². The van der Waals surface area contributed by atoms with Crippen LogP contribution in [0.1, 0.15) is 20.8 Å². The molecule has 4 nitrogen and oxygen atoms in total. The Morgan fingerprint density at radius 3 is 2.58 bits per heavy atom. The number of nitrogens with one attached hydrogen (secondary N) is 2. The van der Waals surface area contributed by atoms with Gasteiger partial charge in [0.2, 0.25) is 5.91 Å². The van der Waals surface area contributed by atoms with Crippen LogP contribution in [0.15, 0.2) is 18.2 Å². The first-order chi connectivity index (χ1) is 8.93. The third kappa shape index (κ3) is 4.99. The van der Waals surface area contributed by atoms with Crippen LogP contribution in [-0.2, 0) is 4.79 Å². The van der Waals surface area contributed by atoms with Crippen molar-refractivity contribution in [3.05, 3.63) is 23.2 Å². The molecule has 0 aromatic heterocycles. The molecule has 0 radical (unpaired) electrons. The number of hydrogen-bond acceptors (Lipinski definition) is 3. The minimum absolute atomic E-state index is 0.0272. The largest absolute Gasteiger partial charge is 0.495 e. The van der Waals surface area contributed by atoms with E-state index >= 15 is 0 Å². The maximum absolute atomic E-state index is 11.8. The van der Waals surface area contributed by atoms with Gasteiger partial charge in [-0.15, -0.1) is 0 Å². The third-order valence-electron chi connectivity index (χ3n) is 2.61. The summed E-state index contributed by atoms with van der Waals surface area (Å²) in [5.41, 5.74) is 0.790. The van der Waals surface area contributed by atoms with E-state index < -0.39 is 0 Å². The highest BCUT2D eigenvalue weighted by molar-refractivity contribution is 6.32. The van der Waals surface area contributed by atoms with E-state index in [1.807, 2.05) is 13.0 Å². The molecule has 0 saturated heterocycles. The predicted octanol–water partition coefficient (Wildman–Crippen LogP) is 2.92. The quantitative estimate of drug-likeness (QED) is 0.844. The molecular formula is C14H21ClN2O2. The highest BCUT2D eigenvalue weighted by atomic mass is 35.5. The molecule has 0 fully saturated rings. The Bertz CT molecular complexity index is 435. The Morgan fingerprint density at radius 2 is 2.05 bits per heavy atom. The van der Waals surface area contributed by atoms with Crippen molar-refractivity contribution in [1.82, 2.24) is 5.32 Å². The molecule has 2 N–H and O–H groups in total. The van der Waals surface area contributed by atoms with Gasteiger partial charge in [-0.2, -0.15) is 0 Å². The van der Waals surface area contributed by atoms with E-state index in [2.05, 4.69) is 24.5 Å². The molecule has 1 atom stereocenters. The standard InChI is InChI=1S/C14H21ClN2O2/c1-9(2)8-16-14(18)10(3)17-11-5-6-13(19-4)12(15)7-11/h5-7,9-10,17H,8H2,1-4H3,(H,16,18)/t10-/m1/s1. The number of benzene rings is 1. The zero-order valence-electron chi connectivity index (χ0n) is 11.8. The zero-order chi connectivity index (χ0) is 14.4. The maximum atomic E-state index is 11.8. The molecule has 0 aliphatic rings. The second-order valence-electron chi connectivity index (χ2n) is 4.85. The Balaban J connectivity index is 2.58. The minimum atomic E-state index is -0.316. The lowest BCUT2D eigenvalue weighted by atomic mass is 10.2. The Morgan fingerprint density at radius 1 is 1.37 bits per heavy atom. The Kier molecular flexibility index (Phi) is 5.96. The van der Waals surface area contributed by atoms with Crippen LogP contribution in [0.3, 0.4) is 0 Å². The average Bonchev–Trinajstić information content (AvgIpc) is 2.36. The first-order valence-electron chi connectivity index (χ1n) is 6.31. The molecule has 0 saturated carbocycles. The SMILES string of the molecule is COc1ccc(N[C@H](C)C(=O)NCC(C)C)cc1Cl. The molecule has 1 aromatic carbocycles. The van der Waals surface area contributed by atoms with Gasteiger partial charge in [-0.05, 0) is 31.0 Å². The van der Waals surface area contributed by atoms with Gasteiger partial charge in [0.25, 0.3) is 0 Å². The number of anilines is 1. The summed E-state index contributed by atoms with van der Waals surface area (Å²) in [4.78, 5) is 11.8. The van der Waals surface area contributed by atoms with E-state index in [1.165, 1.54) is 0 Å². The highest BCUT2D eigenvalue weighted by Gasteiger charge is 2.13. The van der Waals surface area contributed by atoms with E-state index in [0.29, 0.717) is 23.2 Å². The monoisotopic (exact) mass is 284 g/mol. The van der Waals surface area contributed by atoms with Crippen LogP contribution in [0.25, 0.3) is 0 Å². The number of ether oxygens (including phenoxy) is 1. The lowest BCUT2D eigenvalue weighted by Crippen LogP contribution is -2.39. The van der Waals surface area contributed by atoms with Crippen molar-refractivity contribution >= 4 is 23.2 Å². The number of halogens is 1. The van der Waals surface area contributed by atoms with Crippen LogP contribution < -0.4 is 15.4 Å². The molecule has 5 heteroatoms. The van der Waals surface area contributed by atoms with Crippen molar-refractivity contribution < 1.29 is 9.53 Å². The summed E-state index contributed by atoms with van der Waals surface area (Å²) in [6, 6.07) is 5.02. The first kappa shape index (κ1) is 15.6. The van der Waals surface area contributed by atoms with Gasteiger partial charge >= 0.3 is 0 Å². The molecule has 1 aromatic rings. The van der Waals surface area contributed by atoms with Crippen molar-refractivity contribution in [3.8, 4) is 5.75 Å². The first-order valence-corrected chi connectivity index (χ1v) is 6.69. The molecule has 0 heterocycles. The number of methoxy groups -OCH3 is 1. The molecule has 0 aliphatic carbocycles. The van der Waals surface area contributed by atoms with Gasteiger partial charge < -0.3 is 15.4 Å². The summed E-state index contributed by atoms with van der Waals surface area (Å²) in [7, 11) is 1.57. The van der Waals surface area contributed by atoms with Gasteiger partial charge in [0.1, 0.15) is 11.8 Å². The normalized spacial score (nSPS) is 12.1. The summed E-state index contributed by atoms with van der Waals surface area (Å²) in [5.74, 6) is 1.02. The summed E-state index contributed by atoms with van der Waals surface area (Å²) >= 11 is 6.03. The van der Waals surface area contributed by atoms with Crippen molar-refractivity contribution in [3.63, 3.8) is 0 Å². The van der Waals surface area contributed by atoms with Crippen molar-refractivity contribution in [1.29, 1.82) is 0 Å². The molecule has 0 spiro atoms. The van der Waals surface area contributed by atoms with E-state index in [-0.39, 0.29) is 11.9 Å². The molecule has 0 aliphatic heterocycles. The van der Waals surface area contributed by atoms with Crippen LogP contribution in [0, 0.1) is 5.92 Å². The van der Waals surface area contributed by atoms with Gasteiger partial charge in [-0.3, -0.25) is 4.79 Å². The molecule has 106 valence electrons. The number of amides is 1. The van der Waals surface area contributed by atoms with E-state index in [4.69, 9.17) is 16.3 Å². The molecule has 1 rings (SSSR count). The summed E-state index contributed by atoms with van der Waals surface area (Å²) in [6.07, 6.45) is 0. The summed E-state index contributed by atoms with van der Waals surface area (Å²) in [5, 5.41) is 6.50. The van der Waals surface area contributed by atoms with Crippen LogP contribution in [-0.4, -0.2) is 25.6 Å². The van der Waals surface area contributed by atoms with E-state index in [0.717, 1.165) is 5.69 Å². The third-order valence-corrected chi connectivity index (χ3v) is 2.91.